The van der Waals surface area contributed by atoms with Gasteiger partial charge in [-0.3, -0.25) is 4.79 Å². The molecule has 25 heavy (non-hydrogen) atoms. The second kappa shape index (κ2) is 5.58. The zero-order valence-corrected chi connectivity index (χ0v) is 15.4. The Kier molecular flexibility index (Phi) is 4.12. The SMILES string of the molecule is COc1ccc2c3c1O[C@H]1C(=O)CC[C@@]4(O)[C@@H](C2)N(C)CC[C@]314.Cl.N. The number of hydrogen-bond acceptors (Lipinski definition) is 6. The lowest BCUT2D eigenvalue weighted by Crippen LogP contribution is -2.76. The van der Waals surface area contributed by atoms with Gasteiger partial charge >= 0.3 is 0 Å². The van der Waals surface area contributed by atoms with Gasteiger partial charge in [-0.25, -0.2) is 0 Å². The van der Waals surface area contributed by atoms with Crippen molar-refractivity contribution in [1.29, 1.82) is 0 Å². The highest BCUT2D eigenvalue weighted by Crippen LogP contribution is 2.64. The van der Waals surface area contributed by atoms with E-state index in [0.717, 1.165) is 24.9 Å². The molecule has 1 aromatic rings. The molecule has 1 saturated heterocycles. The van der Waals surface area contributed by atoms with Gasteiger partial charge in [-0.1, -0.05) is 6.07 Å². The molecule has 4 N–H and O–H groups in total. The molecule has 138 valence electrons. The van der Waals surface area contributed by atoms with Crippen LogP contribution in [0.4, 0.5) is 0 Å². The van der Waals surface area contributed by atoms with Crippen LogP contribution in [0, 0.1) is 0 Å². The zero-order chi connectivity index (χ0) is 16.0. The molecule has 6 nitrogen and oxygen atoms in total. The molecule has 0 unspecified atom stereocenters. The lowest BCUT2D eigenvalue weighted by molar-refractivity contribution is -0.185. The van der Waals surface area contributed by atoms with E-state index in [2.05, 4.69) is 18.0 Å². The van der Waals surface area contributed by atoms with Crippen molar-refractivity contribution >= 4 is 18.2 Å². The number of carbonyl (C=O) groups excluding carboxylic acids is 1. The molecule has 2 fully saturated rings. The second-order valence-corrected chi connectivity index (χ2v) is 7.44. The van der Waals surface area contributed by atoms with Gasteiger partial charge in [0.2, 0.25) is 0 Å². The van der Waals surface area contributed by atoms with Crippen molar-refractivity contribution in [3.8, 4) is 11.5 Å². The number of rotatable bonds is 1. The van der Waals surface area contributed by atoms with Crippen molar-refractivity contribution in [1.82, 2.24) is 11.1 Å². The van der Waals surface area contributed by atoms with Gasteiger partial charge < -0.3 is 25.6 Å². The van der Waals surface area contributed by atoms with Crippen LogP contribution in [0.2, 0.25) is 0 Å². The number of hydrogen-bond donors (Lipinski definition) is 2. The molecular weight excluding hydrogens is 344 g/mol. The Morgan fingerprint density at radius 3 is 2.84 bits per heavy atom. The number of likely N-dealkylation sites (N-methyl/N-ethyl adjacent to an activating group) is 1. The molecule has 2 bridgehead atoms. The molecule has 2 aliphatic heterocycles. The third-order valence-electron chi connectivity index (χ3n) is 6.73. The Bertz CT molecular complexity index is 742. The van der Waals surface area contributed by atoms with Crippen LogP contribution in [0.3, 0.4) is 0 Å². The first kappa shape index (κ1) is 18.5. The fraction of sp³-hybridized carbons (Fsp3) is 0.611. The lowest BCUT2D eigenvalue weighted by atomic mass is 9.49. The van der Waals surface area contributed by atoms with Gasteiger partial charge in [0.05, 0.1) is 18.1 Å². The van der Waals surface area contributed by atoms with Crippen LogP contribution in [0.1, 0.15) is 30.4 Å². The Hall–Kier alpha value is -1.34. The summed E-state index contributed by atoms with van der Waals surface area (Å²) in [5.41, 5.74) is 0.737. The fourth-order valence-electron chi connectivity index (χ4n) is 5.69. The minimum absolute atomic E-state index is 0. The van der Waals surface area contributed by atoms with E-state index in [1.165, 1.54) is 5.56 Å². The number of carbonyl (C=O) groups is 1. The van der Waals surface area contributed by atoms with E-state index < -0.39 is 17.1 Å². The van der Waals surface area contributed by atoms with E-state index in [-0.39, 0.29) is 30.4 Å². The summed E-state index contributed by atoms with van der Waals surface area (Å²) in [6.07, 6.45) is 1.89. The molecule has 2 heterocycles. The largest absolute Gasteiger partial charge is 0.493 e. The number of ketones is 1. The second-order valence-electron chi connectivity index (χ2n) is 7.44. The topological polar surface area (TPSA) is 94.0 Å². The third-order valence-corrected chi connectivity index (χ3v) is 6.73. The molecule has 5 rings (SSSR count). The maximum Gasteiger partial charge on any atom is 0.174 e. The number of nitrogens with zero attached hydrogens (tertiary/aromatic N) is 1. The van der Waals surface area contributed by atoms with Crippen LogP contribution >= 0.6 is 12.4 Å². The van der Waals surface area contributed by atoms with E-state index in [4.69, 9.17) is 9.47 Å². The predicted octanol–water partition coefficient (Wildman–Crippen LogP) is 1.63. The Balaban J connectivity index is 0.000000911. The Labute approximate surface area is 153 Å². The molecule has 1 aromatic carbocycles. The average Bonchev–Trinajstić information content (AvgIpc) is 2.90. The molecule has 7 heteroatoms. The third kappa shape index (κ3) is 1.83. The van der Waals surface area contributed by atoms with Gasteiger partial charge in [0.25, 0.3) is 0 Å². The molecule has 2 aliphatic carbocycles. The summed E-state index contributed by atoms with van der Waals surface area (Å²) in [4.78, 5) is 14.9. The molecule has 4 atom stereocenters. The van der Waals surface area contributed by atoms with Gasteiger partial charge in [0, 0.05) is 18.0 Å². The molecule has 0 radical (unpaired) electrons. The molecule has 1 spiro atoms. The fourth-order valence-corrected chi connectivity index (χ4v) is 5.69. The first-order valence-corrected chi connectivity index (χ1v) is 8.35. The van der Waals surface area contributed by atoms with Crippen LogP contribution in [0.5, 0.6) is 11.5 Å². The van der Waals surface area contributed by atoms with E-state index in [1.54, 1.807) is 7.11 Å². The minimum Gasteiger partial charge on any atom is -0.493 e. The standard InChI is InChI=1S/C18H21NO4.ClH.H3N/c1-19-8-7-17-14-10-3-4-12(22-2)15(14)23-16(17)11(20)5-6-18(17,21)13(19)9-10;;/h3-4,13,16,21H,5-9H2,1-2H3;1H;1H3/t13-,16+,17+,18-;;/m1../s1. The Morgan fingerprint density at radius 2 is 2.12 bits per heavy atom. The first-order valence-electron chi connectivity index (χ1n) is 8.35. The number of ether oxygens (including phenoxy) is 2. The van der Waals surface area contributed by atoms with Crippen LogP contribution in [-0.2, 0) is 16.6 Å². The molecule has 0 amide bonds. The van der Waals surface area contributed by atoms with Crippen molar-refractivity contribution in [2.24, 2.45) is 0 Å². The van der Waals surface area contributed by atoms with Gasteiger partial charge in [0.1, 0.15) is 0 Å². The van der Waals surface area contributed by atoms with E-state index in [9.17, 15) is 9.90 Å². The number of likely N-dealkylation sites (tertiary alicyclic amines) is 1. The molecule has 4 aliphatic rings. The van der Waals surface area contributed by atoms with Crippen LogP contribution in [0.15, 0.2) is 12.1 Å². The van der Waals surface area contributed by atoms with Gasteiger partial charge in [-0.15, -0.1) is 12.4 Å². The number of halogens is 1. The average molecular weight is 369 g/mol. The summed E-state index contributed by atoms with van der Waals surface area (Å²) in [7, 11) is 3.70. The first-order chi connectivity index (χ1) is 11.0. The summed E-state index contributed by atoms with van der Waals surface area (Å²) >= 11 is 0. The molecule has 1 saturated carbocycles. The normalized spacial score (nSPS) is 37.3. The monoisotopic (exact) mass is 368 g/mol. The maximum absolute atomic E-state index is 12.7. The summed E-state index contributed by atoms with van der Waals surface area (Å²) in [6, 6.07) is 4.05. The quantitative estimate of drug-likeness (QED) is 0.782. The number of Topliss-reactive ketones (excluding diaryl/α,β-unsaturated/α-hetero) is 1. The van der Waals surface area contributed by atoms with Crippen molar-refractivity contribution in [3.63, 3.8) is 0 Å². The van der Waals surface area contributed by atoms with Crippen molar-refractivity contribution in [2.45, 2.75) is 48.8 Å². The van der Waals surface area contributed by atoms with E-state index in [1.807, 2.05) is 6.07 Å². The highest BCUT2D eigenvalue weighted by atomic mass is 35.5. The van der Waals surface area contributed by atoms with Crippen molar-refractivity contribution < 1.29 is 19.4 Å². The highest BCUT2D eigenvalue weighted by molar-refractivity contribution is 5.90. The highest BCUT2D eigenvalue weighted by Gasteiger charge is 2.72. The van der Waals surface area contributed by atoms with Crippen LogP contribution < -0.4 is 15.6 Å². The molecule has 0 aromatic heterocycles. The summed E-state index contributed by atoms with van der Waals surface area (Å²) < 4.78 is 11.6. The van der Waals surface area contributed by atoms with E-state index in [0.29, 0.717) is 24.3 Å². The lowest BCUT2D eigenvalue weighted by Gasteiger charge is -2.62. The maximum atomic E-state index is 12.7. The summed E-state index contributed by atoms with van der Waals surface area (Å²) in [6.45, 7) is 0.871. The number of benzene rings is 1. The van der Waals surface area contributed by atoms with Crippen molar-refractivity contribution in [3.05, 3.63) is 23.3 Å². The molecular formula is C18H25ClN2O4. The number of methoxy groups -OCH3 is 1. The van der Waals surface area contributed by atoms with Gasteiger partial charge in [-0.2, -0.15) is 0 Å². The van der Waals surface area contributed by atoms with Crippen LogP contribution in [0.25, 0.3) is 0 Å². The smallest absolute Gasteiger partial charge is 0.174 e. The summed E-state index contributed by atoms with van der Waals surface area (Å²) in [5, 5.41) is 11.7. The zero-order valence-electron chi connectivity index (χ0n) is 14.6. The number of piperidine rings is 1. The van der Waals surface area contributed by atoms with E-state index >= 15 is 0 Å². The number of aliphatic hydroxyl groups is 1. The minimum atomic E-state index is -0.900. The van der Waals surface area contributed by atoms with Gasteiger partial charge in [0.15, 0.2) is 23.4 Å². The van der Waals surface area contributed by atoms with Gasteiger partial charge in [-0.05, 0) is 44.5 Å². The Morgan fingerprint density at radius 1 is 1.36 bits per heavy atom. The van der Waals surface area contributed by atoms with Crippen molar-refractivity contribution in [2.75, 3.05) is 20.7 Å². The summed E-state index contributed by atoms with van der Waals surface area (Å²) in [5.74, 6) is 1.47. The predicted molar refractivity (Wildman–Crippen MR) is 95.3 cm³/mol. The van der Waals surface area contributed by atoms with Crippen LogP contribution in [-0.4, -0.2) is 54.2 Å².